The molecule has 116 valence electrons. The van der Waals surface area contributed by atoms with Gasteiger partial charge in [0.1, 0.15) is 5.76 Å². The maximum Gasteiger partial charge on any atom is 0.167 e. The van der Waals surface area contributed by atoms with Gasteiger partial charge in [-0.15, -0.1) is 0 Å². The van der Waals surface area contributed by atoms with Crippen molar-refractivity contribution in [2.24, 2.45) is 16.7 Å². The van der Waals surface area contributed by atoms with Crippen molar-refractivity contribution < 1.29 is 9.53 Å². The first-order chi connectivity index (χ1) is 9.14. The zero-order valence-corrected chi connectivity index (χ0v) is 14.4. The lowest BCUT2D eigenvalue weighted by Crippen LogP contribution is -2.28. The van der Waals surface area contributed by atoms with Crippen molar-refractivity contribution in [1.29, 1.82) is 0 Å². The molecule has 1 rings (SSSR count). The molecule has 0 unspecified atom stereocenters. The van der Waals surface area contributed by atoms with Gasteiger partial charge in [0.25, 0.3) is 0 Å². The SMILES string of the molecule is CCC(C)(C)C(=O)/C(C)=C(\OC)C1CCC(C)(C)CC1. The Bertz CT molecular complexity index is 378. The summed E-state index contributed by atoms with van der Waals surface area (Å²) in [6.45, 7) is 12.7. The second-order valence-corrected chi connectivity index (χ2v) is 7.70. The summed E-state index contributed by atoms with van der Waals surface area (Å²) in [5.74, 6) is 1.60. The Hall–Kier alpha value is -0.790. The molecule has 0 spiro atoms. The van der Waals surface area contributed by atoms with Crippen LogP contribution in [0.3, 0.4) is 0 Å². The third kappa shape index (κ3) is 3.86. The van der Waals surface area contributed by atoms with Gasteiger partial charge in [-0.1, -0.05) is 34.6 Å². The molecular formula is C18H32O2. The van der Waals surface area contributed by atoms with Crippen LogP contribution in [-0.2, 0) is 9.53 Å². The van der Waals surface area contributed by atoms with E-state index in [0.717, 1.165) is 30.6 Å². The Kier molecular flexibility index (Phi) is 5.46. The summed E-state index contributed by atoms with van der Waals surface area (Å²) in [7, 11) is 1.71. The molecule has 0 amide bonds. The highest BCUT2D eigenvalue weighted by atomic mass is 16.5. The van der Waals surface area contributed by atoms with E-state index in [1.54, 1.807) is 7.11 Å². The van der Waals surface area contributed by atoms with Gasteiger partial charge in [0.2, 0.25) is 0 Å². The van der Waals surface area contributed by atoms with Crippen LogP contribution in [0.2, 0.25) is 0 Å². The summed E-state index contributed by atoms with van der Waals surface area (Å²) in [4.78, 5) is 12.6. The molecule has 0 aromatic rings. The van der Waals surface area contributed by atoms with E-state index < -0.39 is 0 Å². The minimum absolute atomic E-state index is 0.238. The van der Waals surface area contributed by atoms with E-state index in [2.05, 4.69) is 20.8 Å². The molecule has 1 aliphatic rings. The molecule has 0 radical (unpaired) electrons. The molecule has 0 heterocycles. The van der Waals surface area contributed by atoms with E-state index in [1.165, 1.54) is 12.8 Å². The largest absolute Gasteiger partial charge is 0.500 e. The molecule has 20 heavy (non-hydrogen) atoms. The lowest BCUT2D eigenvalue weighted by atomic mass is 9.71. The zero-order valence-electron chi connectivity index (χ0n) is 14.4. The summed E-state index contributed by atoms with van der Waals surface area (Å²) in [5, 5.41) is 0. The highest BCUT2D eigenvalue weighted by Crippen LogP contribution is 2.42. The molecule has 0 aromatic heterocycles. The second kappa shape index (κ2) is 6.32. The predicted octanol–water partition coefficient (Wildman–Crippen LogP) is 5.13. The van der Waals surface area contributed by atoms with E-state index in [-0.39, 0.29) is 11.2 Å². The number of ketones is 1. The number of methoxy groups -OCH3 is 1. The van der Waals surface area contributed by atoms with Crippen molar-refractivity contribution in [2.75, 3.05) is 7.11 Å². The van der Waals surface area contributed by atoms with Gasteiger partial charge in [0, 0.05) is 16.9 Å². The van der Waals surface area contributed by atoms with Gasteiger partial charge in [-0.3, -0.25) is 4.79 Å². The quantitative estimate of drug-likeness (QED) is 0.515. The molecule has 1 aliphatic carbocycles. The van der Waals surface area contributed by atoms with Crippen molar-refractivity contribution >= 4 is 5.78 Å². The molecule has 1 fully saturated rings. The zero-order chi connectivity index (χ0) is 15.6. The number of hydrogen-bond acceptors (Lipinski definition) is 2. The fourth-order valence-corrected chi connectivity index (χ4v) is 3.07. The van der Waals surface area contributed by atoms with Crippen LogP contribution >= 0.6 is 0 Å². The van der Waals surface area contributed by atoms with Crippen LogP contribution in [0.25, 0.3) is 0 Å². The van der Waals surface area contributed by atoms with Gasteiger partial charge >= 0.3 is 0 Å². The summed E-state index contributed by atoms with van der Waals surface area (Å²) in [6.07, 6.45) is 5.55. The van der Waals surface area contributed by atoms with E-state index in [9.17, 15) is 4.79 Å². The number of ether oxygens (including phenoxy) is 1. The predicted molar refractivity (Wildman–Crippen MR) is 84.5 cm³/mol. The fourth-order valence-electron chi connectivity index (χ4n) is 3.07. The molecule has 0 N–H and O–H groups in total. The third-order valence-electron chi connectivity index (χ3n) is 5.14. The molecule has 0 saturated heterocycles. The van der Waals surface area contributed by atoms with Crippen LogP contribution in [-0.4, -0.2) is 12.9 Å². The van der Waals surface area contributed by atoms with Gasteiger partial charge in [0.05, 0.1) is 7.11 Å². The van der Waals surface area contributed by atoms with Crippen LogP contribution in [0, 0.1) is 16.7 Å². The summed E-state index contributed by atoms with van der Waals surface area (Å²) in [6, 6.07) is 0. The molecule has 0 aliphatic heterocycles. The normalized spacial score (nSPS) is 21.4. The lowest BCUT2D eigenvalue weighted by molar-refractivity contribution is -0.123. The monoisotopic (exact) mass is 280 g/mol. The van der Waals surface area contributed by atoms with Crippen LogP contribution in [0.4, 0.5) is 0 Å². The molecule has 0 aromatic carbocycles. The average molecular weight is 280 g/mol. The number of Topliss-reactive ketones (excluding diaryl/α,β-unsaturated/α-hetero) is 1. The minimum atomic E-state index is -0.290. The van der Waals surface area contributed by atoms with Gasteiger partial charge in [-0.05, 0) is 44.4 Å². The number of carbonyl (C=O) groups is 1. The number of hydrogen-bond donors (Lipinski definition) is 0. The van der Waals surface area contributed by atoms with Crippen molar-refractivity contribution in [2.45, 2.75) is 73.6 Å². The van der Waals surface area contributed by atoms with Crippen LogP contribution < -0.4 is 0 Å². The average Bonchev–Trinajstić information content (AvgIpc) is 2.40. The Morgan fingerprint density at radius 3 is 2.15 bits per heavy atom. The Morgan fingerprint density at radius 1 is 1.25 bits per heavy atom. The summed E-state index contributed by atoms with van der Waals surface area (Å²) < 4.78 is 5.64. The lowest BCUT2D eigenvalue weighted by Gasteiger charge is -2.35. The van der Waals surface area contributed by atoms with Gasteiger partial charge < -0.3 is 4.74 Å². The molecule has 2 heteroatoms. The number of rotatable bonds is 5. The van der Waals surface area contributed by atoms with Crippen LogP contribution in [0.1, 0.15) is 73.6 Å². The molecular weight excluding hydrogens is 248 g/mol. The van der Waals surface area contributed by atoms with Crippen molar-refractivity contribution in [3.63, 3.8) is 0 Å². The third-order valence-corrected chi connectivity index (χ3v) is 5.14. The first-order valence-corrected chi connectivity index (χ1v) is 7.94. The van der Waals surface area contributed by atoms with E-state index in [0.29, 0.717) is 11.3 Å². The van der Waals surface area contributed by atoms with Gasteiger partial charge in [-0.2, -0.15) is 0 Å². The first-order valence-electron chi connectivity index (χ1n) is 7.94. The van der Waals surface area contributed by atoms with E-state index in [1.807, 2.05) is 20.8 Å². The van der Waals surface area contributed by atoms with Crippen LogP contribution in [0.15, 0.2) is 11.3 Å². The van der Waals surface area contributed by atoms with E-state index >= 15 is 0 Å². The van der Waals surface area contributed by atoms with Gasteiger partial charge in [0.15, 0.2) is 5.78 Å². The highest BCUT2D eigenvalue weighted by Gasteiger charge is 2.33. The number of carbonyl (C=O) groups excluding carboxylic acids is 1. The summed E-state index contributed by atoms with van der Waals surface area (Å²) >= 11 is 0. The Labute approximate surface area is 125 Å². The maximum absolute atomic E-state index is 12.6. The maximum atomic E-state index is 12.6. The Balaban J connectivity index is 2.94. The molecule has 0 bridgehead atoms. The summed E-state index contributed by atoms with van der Waals surface area (Å²) in [5.41, 5.74) is 0.988. The smallest absolute Gasteiger partial charge is 0.167 e. The minimum Gasteiger partial charge on any atom is -0.500 e. The van der Waals surface area contributed by atoms with E-state index in [4.69, 9.17) is 4.74 Å². The Morgan fingerprint density at radius 2 is 1.75 bits per heavy atom. The molecule has 1 saturated carbocycles. The topological polar surface area (TPSA) is 26.3 Å². The van der Waals surface area contributed by atoms with Crippen LogP contribution in [0.5, 0.6) is 0 Å². The standard InChI is InChI=1S/C18H32O2/c1-8-18(5,6)16(19)13(2)15(20-7)14-9-11-17(3,4)12-10-14/h14H,8-12H2,1-7H3/b15-13-. The van der Waals surface area contributed by atoms with Crippen molar-refractivity contribution in [3.05, 3.63) is 11.3 Å². The highest BCUT2D eigenvalue weighted by molar-refractivity contribution is 5.99. The van der Waals surface area contributed by atoms with Crippen molar-refractivity contribution in [1.82, 2.24) is 0 Å². The second-order valence-electron chi connectivity index (χ2n) is 7.70. The van der Waals surface area contributed by atoms with Crippen molar-refractivity contribution in [3.8, 4) is 0 Å². The molecule has 2 nitrogen and oxygen atoms in total. The van der Waals surface area contributed by atoms with Gasteiger partial charge in [-0.25, -0.2) is 0 Å². The number of allylic oxidation sites excluding steroid dienone is 2. The fraction of sp³-hybridized carbons (Fsp3) is 0.833. The first kappa shape index (κ1) is 17.3. The molecule has 0 atom stereocenters.